The second-order valence-corrected chi connectivity index (χ2v) is 3.06. The molecule has 0 saturated heterocycles. The fourth-order valence-electron chi connectivity index (χ4n) is 1.16. The van der Waals surface area contributed by atoms with Crippen molar-refractivity contribution in [3.05, 3.63) is 35.4 Å². The number of Topliss-reactive ketones (excluding diaryl/α,β-unsaturated/α-hetero) is 1. The van der Waals surface area contributed by atoms with Crippen molar-refractivity contribution in [3.63, 3.8) is 0 Å². The molecule has 0 atom stereocenters. The number of carbonyl (C=O) groups excluding carboxylic acids is 3. The third-order valence-corrected chi connectivity index (χ3v) is 1.93. The van der Waals surface area contributed by atoms with Gasteiger partial charge >= 0.3 is 0 Å². The van der Waals surface area contributed by atoms with Crippen LogP contribution < -0.4 is 10.2 Å². The quantitative estimate of drug-likeness (QED) is 0.461. The third-order valence-electron chi connectivity index (χ3n) is 1.93. The standard InChI is InChI=1S/C10H6F2O5/c11-4-1-2-5(6(12)3-4)8(13)7(9(14)15)10(16)17/h1-3,7H,(H,14,15)(H,16,17)/p-2. The molecule has 0 unspecified atom stereocenters. The van der Waals surface area contributed by atoms with Gasteiger partial charge in [0.05, 0.1) is 17.5 Å². The Morgan fingerprint density at radius 3 is 2.00 bits per heavy atom. The van der Waals surface area contributed by atoms with Crippen molar-refractivity contribution in [2.75, 3.05) is 0 Å². The molecular formula is C10H4F2O5-2. The van der Waals surface area contributed by atoms with E-state index in [9.17, 15) is 33.4 Å². The van der Waals surface area contributed by atoms with Crippen molar-refractivity contribution in [3.8, 4) is 0 Å². The first-order valence-electron chi connectivity index (χ1n) is 4.25. The summed E-state index contributed by atoms with van der Waals surface area (Å²) < 4.78 is 25.6. The SMILES string of the molecule is O=C([O-])C(C(=O)[O-])C(=O)c1ccc(F)cc1F. The highest BCUT2D eigenvalue weighted by Gasteiger charge is 2.25. The highest BCUT2D eigenvalue weighted by Crippen LogP contribution is 2.14. The highest BCUT2D eigenvalue weighted by atomic mass is 19.1. The second kappa shape index (κ2) is 4.69. The number of carboxylic acids is 2. The van der Waals surface area contributed by atoms with Gasteiger partial charge in [-0.25, -0.2) is 8.78 Å². The first kappa shape index (κ1) is 12.8. The second-order valence-electron chi connectivity index (χ2n) is 3.06. The van der Waals surface area contributed by atoms with Gasteiger partial charge < -0.3 is 19.8 Å². The van der Waals surface area contributed by atoms with Gasteiger partial charge in [0.1, 0.15) is 17.6 Å². The summed E-state index contributed by atoms with van der Waals surface area (Å²) in [4.78, 5) is 32.1. The summed E-state index contributed by atoms with van der Waals surface area (Å²) in [7, 11) is 0. The minimum absolute atomic E-state index is 0.328. The molecule has 7 heteroatoms. The van der Waals surface area contributed by atoms with Crippen LogP contribution in [-0.2, 0) is 9.59 Å². The lowest BCUT2D eigenvalue weighted by Crippen LogP contribution is -2.47. The van der Waals surface area contributed by atoms with Crippen LogP contribution in [0.25, 0.3) is 0 Å². The summed E-state index contributed by atoms with van der Waals surface area (Å²) in [5.74, 6) is -11.0. The number of hydrogen-bond donors (Lipinski definition) is 0. The lowest BCUT2D eigenvalue weighted by molar-refractivity contribution is -0.328. The molecule has 1 aromatic rings. The Morgan fingerprint density at radius 2 is 1.59 bits per heavy atom. The van der Waals surface area contributed by atoms with E-state index >= 15 is 0 Å². The summed E-state index contributed by atoms with van der Waals surface area (Å²) in [5.41, 5.74) is -0.857. The number of rotatable bonds is 4. The zero-order valence-electron chi connectivity index (χ0n) is 8.11. The summed E-state index contributed by atoms with van der Waals surface area (Å²) in [6.45, 7) is 0. The smallest absolute Gasteiger partial charge is 0.180 e. The van der Waals surface area contributed by atoms with E-state index < -0.39 is 40.8 Å². The minimum Gasteiger partial charge on any atom is -0.549 e. The molecule has 0 radical (unpaired) electrons. The average Bonchev–Trinajstić information content (AvgIpc) is 2.15. The summed E-state index contributed by atoms with van der Waals surface area (Å²) in [6.07, 6.45) is 0. The normalized spacial score (nSPS) is 10.3. The predicted octanol–water partition coefficient (Wildman–Crippen LogP) is -1.74. The van der Waals surface area contributed by atoms with Gasteiger partial charge in [-0.15, -0.1) is 0 Å². The van der Waals surface area contributed by atoms with Gasteiger partial charge in [0.15, 0.2) is 5.78 Å². The van der Waals surface area contributed by atoms with Crippen LogP contribution >= 0.6 is 0 Å². The van der Waals surface area contributed by atoms with Crippen molar-refractivity contribution in [1.82, 2.24) is 0 Å². The number of aliphatic carboxylic acids is 2. The number of halogens is 2. The lowest BCUT2D eigenvalue weighted by Gasteiger charge is -2.17. The highest BCUT2D eigenvalue weighted by molar-refractivity contribution is 6.19. The molecule has 0 saturated carbocycles. The Hall–Kier alpha value is -2.31. The Morgan fingerprint density at radius 1 is 1.06 bits per heavy atom. The van der Waals surface area contributed by atoms with Crippen LogP contribution in [0.1, 0.15) is 10.4 Å². The minimum atomic E-state index is -2.63. The van der Waals surface area contributed by atoms with E-state index in [0.29, 0.717) is 18.2 Å². The summed E-state index contributed by atoms with van der Waals surface area (Å²) >= 11 is 0. The molecule has 0 spiro atoms. The summed E-state index contributed by atoms with van der Waals surface area (Å²) in [5, 5.41) is 20.8. The van der Waals surface area contributed by atoms with Gasteiger partial charge in [0.25, 0.3) is 0 Å². The van der Waals surface area contributed by atoms with Gasteiger partial charge in [-0.3, -0.25) is 4.79 Å². The molecule has 0 aliphatic heterocycles. The van der Waals surface area contributed by atoms with Gasteiger partial charge in [-0.2, -0.15) is 0 Å². The number of carbonyl (C=O) groups is 3. The number of benzene rings is 1. The van der Waals surface area contributed by atoms with Crippen molar-refractivity contribution < 1.29 is 33.4 Å². The lowest BCUT2D eigenvalue weighted by atomic mass is 9.97. The molecule has 0 aliphatic rings. The van der Waals surface area contributed by atoms with Crippen LogP contribution in [0.2, 0.25) is 0 Å². The molecule has 17 heavy (non-hydrogen) atoms. The van der Waals surface area contributed by atoms with Crippen LogP contribution in [-0.4, -0.2) is 17.7 Å². The van der Waals surface area contributed by atoms with Crippen LogP contribution in [0.15, 0.2) is 18.2 Å². The number of carboxylic acid groups (broad SMARTS) is 2. The average molecular weight is 242 g/mol. The molecule has 0 bridgehead atoms. The summed E-state index contributed by atoms with van der Waals surface area (Å²) in [6, 6.07) is 1.67. The van der Waals surface area contributed by atoms with E-state index in [1.54, 1.807) is 0 Å². The molecule has 0 N–H and O–H groups in total. The largest absolute Gasteiger partial charge is 0.549 e. The van der Waals surface area contributed by atoms with E-state index in [1.165, 1.54) is 0 Å². The Bertz CT molecular complexity index is 483. The zero-order valence-corrected chi connectivity index (χ0v) is 8.11. The van der Waals surface area contributed by atoms with Crippen molar-refractivity contribution in [2.24, 2.45) is 5.92 Å². The number of ketones is 1. The Kier molecular flexibility index (Phi) is 3.52. The molecule has 0 heterocycles. The predicted molar refractivity (Wildman–Crippen MR) is 44.2 cm³/mol. The molecule has 0 aromatic heterocycles. The molecular weight excluding hydrogens is 238 g/mol. The monoisotopic (exact) mass is 242 g/mol. The van der Waals surface area contributed by atoms with E-state index in [0.717, 1.165) is 0 Å². The van der Waals surface area contributed by atoms with E-state index in [4.69, 9.17) is 0 Å². The molecule has 5 nitrogen and oxygen atoms in total. The van der Waals surface area contributed by atoms with Gasteiger partial charge in [-0.05, 0) is 12.1 Å². The fourth-order valence-corrected chi connectivity index (χ4v) is 1.16. The fraction of sp³-hybridized carbons (Fsp3) is 0.100. The van der Waals surface area contributed by atoms with Crippen LogP contribution in [0.5, 0.6) is 0 Å². The molecule has 90 valence electrons. The van der Waals surface area contributed by atoms with Crippen LogP contribution in [0.4, 0.5) is 8.78 Å². The molecule has 1 rings (SSSR count). The topological polar surface area (TPSA) is 97.3 Å². The third kappa shape index (κ3) is 2.63. The van der Waals surface area contributed by atoms with Gasteiger partial charge in [0, 0.05) is 6.07 Å². The van der Waals surface area contributed by atoms with Crippen molar-refractivity contribution >= 4 is 17.7 Å². The van der Waals surface area contributed by atoms with Gasteiger partial charge in [0.2, 0.25) is 0 Å². The maximum Gasteiger partial charge on any atom is 0.180 e. The van der Waals surface area contributed by atoms with E-state index in [1.807, 2.05) is 0 Å². The Labute approximate surface area is 93.3 Å². The van der Waals surface area contributed by atoms with E-state index in [-0.39, 0.29) is 0 Å². The Balaban J connectivity index is 3.19. The molecule has 0 amide bonds. The molecule has 0 fully saturated rings. The maximum absolute atomic E-state index is 13.1. The first-order chi connectivity index (χ1) is 7.84. The van der Waals surface area contributed by atoms with Gasteiger partial charge in [-0.1, -0.05) is 0 Å². The maximum atomic E-state index is 13.1. The van der Waals surface area contributed by atoms with Crippen LogP contribution in [0.3, 0.4) is 0 Å². The molecule has 0 aliphatic carbocycles. The first-order valence-corrected chi connectivity index (χ1v) is 4.25. The zero-order chi connectivity index (χ0) is 13.2. The van der Waals surface area contributed by atoms with E-state index in [2.05, 4.69) is 0 Å². The molecule has 1 aromatic carbocycles. The van der Waals surface area contributed by atoms with Crippen molar-refractivity contribution in [1.29, 1.82) is 0 Å². The van der Waals surface area contributed by atoms with Crippen LogP contribution in [0, 0.1) is 17.6 Å². The number of hydrogen-bond acceptors (Lipinski definition) is 5. The van der Waals surface area contributed by atoms with Crippen molar-refractivity contribution in [2.45, 2.75) is 0 Å².